The van der Waals surface area contributed by atoms with Gasteiger partial charge in [0.15, 0.2) is 10.7 Å². The highest BCUT2D eigenvalue weighted by Crippen LogP contribution is 2.41. The summed E-state index contributed by atoms with van der Waals surface area (Å²) >= 11 is 6.25. The Labute approximate surface area is 229 Å². The van der Waals surface area contributed by atoms with Crippen LogP contribution in [0.3, 0.4) is 0 Å². The highest BCUT2D eigenvalue weighted by Gasteiger charge is 2.39. The summed E-state index contributed by atoms with van der Waals surface area (Å²) in [4.78, 5) is 15.3. The van der Waals surface area contributed by atoms with Crippen molar-refractivity contribution in [2.24, 2.45) is 5.41 Å². The molecule has 1 aliphatic heterocycles. The van der Waals surface area contributed by atoms with Gasteiger partial charge in [-0.15, -0.1) is 0 Å². The summed E-state index contributed by atoms with van der Waals surface area (Å²) in [6.07, 6.45) is 1.20. The van der Waals surface area contributed by atoms with E-state index in [1.807, 2.05) is 0 Å². The lowest BCUT2D eigenvalue weighted by Gasteiger charge is -2.27. The first-order valence-electron chi connectivity index (χ1n) is 11.7. The second kappa shape index (κ2) is 10.9. The molecule has 0 saturated carbocycles. The number of anilines is 2. The first kappa shape index (κ1) is 28.5. The normalized spacial score (nSPS) is 17.3. The second-order valence-electron chi connectivity index (χ2n) is 9.29. The molecule has 4 rings (SSSR count). The molecule has 208 valence electrons. The molecule has 1 atom stereocenters. The van der Waals surface area contributed by atoms with Gasteiger partial charge in [0, 0.05) is 36.2 Å². The lowest BCUT2D eigenvalue weighted by molar-refractivity contribution is -0.114. The van der Waals surface area contributed by atoms with E-state index < -0.39 is 55.3 Å². The van der Waals surface area contributed by atoms with Crippen LogP contribution >= 0.6 is 11.6 Å². The summed E-state index contributed by atoms with van der Waals surface area (Å²) in [6, 6.07) is 8.75. The molecule has 1 saturated heterocycles. The van der Waals surface area contributed by atoms with Crippen molar-refractivity contribution < 1.29 is 35.9 Å². The highest BCUT2D eigenvalue weighted by molar-refractivity contribution is 7.92. The fraction of sp³-hybridized carbons (Fsp3) is 0.308. The van der Waals surface area contributed by atoms with E-state index in [0.717, 1.165) is 18.4 Å². The van der Waals surface area contributed by atoms with Gasteiger partial charge in [-0.2, -0.15) is 4.39 Å². The summed E-state index contributed by atoms with van der Waals surface area (Å²) in [5.74, 6) is -3.72. The van der Waals surface area contributed by atoms with Crippen molar-refractivity contribution in [3.8, 4) is 11.5 Å². The van der Waals surface area contributed by atoms with Gasteiger partial charge in [0.05, 0.1) is 26.5 Å². The van der Waals surface area contributed by atoms with Crippen LogP contribution in [0.1, 0.15) is 18.9 Å². The molecule has 2 aromatic carbocycles. The molecule has 0 radical (unpaired) electrons. The Bertz CT molecular complexity index is 1520. The molecule has 3 aromatic rings. The van der Waals surface area contributed by atoms with E-state index in [1.165, 1.54) is 49.5 Å². The number of benzene rings is 2. The molecule has 8 nitrogen and oxygen atoms in total. The molecule has 0 aliphatic carbocycles. The Kier molecular flexibility index (Phi) is 7.99. The lowest BCUT2D eigenvalue weighted by atomic mass is 9.92. The summed E-state index contributed by atoms with van der Waals surface area (Å²) in [5.41, 5.74) is -0.539. The fourth-order valence-electron chi connectivity index (χ4n) is 4.39. The van der Waals surface area contributed by atoms with Gasteiger partial charge < -0.3 is 19.2 Å². The van der Waals surface area contributed by atoms with Gasteiger partial charge in [-0.1, -0.05) is 24.6 Å². The third-order valence-electron chi connectivity index (χ3n) is 6.54. The fourth-order valence-corrected chi connectivity index (χ4v) is 6.23. The Balaban J connectivity index is 1.83. The largest absolute Gasteiger partial charge is 0.497 e. The number of ether oxygens (including phenoxy) is 2. The summed E-state index contributed by atoms with van der Waals surface area (Å²) in [7, 11) is -2.27. The zero-order valence-corrected chi connectivity index (χ0v) is 22.8. The van der Waals surface area contributed by atoms with Gasteiger partial charge in [0.2, 0.25) is 5.95 Å². The van der Waals surface area contributed by atoms with Crippen LogP contribution in [0.15, 0.2) is 47.4 Å². The Morgan fingerprint density at radius 1 is 1.15 bits per heavy atom. The first-order valence-corrected chi connectivity index (χ1v) is 13.5. The van der Waals surface area contributed by atoms with Gasteiger partial charge in [0.1, 0.15) is 34.4 Å². The van der Waals surface area contributed by atoms with Crippen molar-refractivity contribution in [1.82, 2.24) is 4.98 Å². The molecule has 0 N–H and O–H groups in total. The number of aldehydes is 1. The predicted octanol–water partition coefficient (Wildman–Crippen LogP) is 4.98. The van der Waals surface area contributed by atoms with Gasteiger partial charge in [-0.05, 0) is 30.7 Å². The van der Waals surface area contributed by atoms with Gasteiger partial charge >= 0.3 is 0 Å². The van der Waals surface area contributed by atoms with Crippen LogP contribution in [0.25, 0.3) is 0 Å². The zero-order chi connectivity index (χ0) is 28.5. The Hall–Kier alpha value is -3.51. The third kappa shape index (κ3) is 5.48. The number of pyridine rings is 1. The van der Waals surface area contributed by atoms with E-state index in [1.54, 1.807) is 6.92 Å². The molecule has 39 heavy (non-hydrogen) atoms. The number of halogens is 4. The molecule has 0 spiro atoms. The van der Waals surface area contributed by atoms with Crippen molar-refractivity contribution in [2.75, 3.05) is 36.5 Å². The van der Waals surface area contributed by atoms with Crippen molar-refractivity contribution >= 4 is 39.4 Å². The third-order valence-corrected chi connectivity index (χ3v) is 8.69. The number of sulfonamides is 1. The molecule has 1 aromatic heterocycles. The van der Waals surface area contributed by atoms with Crippen LogP contribution in [-0.2, 0) is 21.4 Å². The maximum absolute atomic E-state index is 15.7. The smallest absolute Gasteiger partial charge is 0.271 e. The Morgan fingerprint density at radius 3 is 2.51 bits per heavy atom. The van der Waals surface area contributed by atoms with E-state index in [0.29, 0.717) is 16.5 Å². The SMILES string of the molecule is COc1ccc(CN(c2cccc(F)n2)S(=O)(=O)c2c(F)cc(N3CCC(C)(C=O)C3)c(Cl)c2F)c(OC)c1. The number of carbonyl (C=O) groups is 1. The average Bonchev–Trinajstić information content (AvgIpc) is 3.31. The quantitative estimate of drug-likeness (QED) is 0.199. The van der Waals surface area contributed by atoms with Crippen LogP contribution in [-0.4, -0.2) is 47.0 Å². The van der Waals surface area contributed by atoms with E-state index >= 15 is 8.78 Å². The first-order chi connectivity index (χ1) is 18.4. The summed E-state index contributed by atoms with van der Waals surface area (Å²) in [5, 5.41) is -0.626. The van der Waals surface area contributed by atoms with Crippen LogP contribution in [0.5, 0.6) is 11.5 Å². The number of hydrogen-bond donors (Lipinski definition) is 0. The second-order valence-corrected chi connectivity index (χ2v) is 11.5. The number of hydrogen-bond acceptors (Lipinski definition) is 7. The topological polar surface area (TPSA) is 89.0 Å². The van der Waals surface area contributed by atoms with E-state index in [4.69, 9.17) is 21.1 Å². The number of rotatable bonds is 9. The monoisotopic (exact) mass is 583 g/mol. The minimum atomic E-state index is -5.05. The summed E-state index contributed by atoms with van der Waals surface area (Å²) < 4.78 is 84.0. The number of aromatic nitrogens is 1. The van der Waals surface area contributed by atoms with Crippen LogP contribution in [0.2, 0.25) is 5.02 Å². The average molecular weight is 584 g/mol. The molecule has 1 aliphatic rings. The van der Waals surface area contributed by atoms with Crippen LogP contribution in [0, 0.1) is 23.0 Å². The molecule has 0 amide bonds. The number of methoxy groups -OCH3 is 2. The minimum absolute atomic E-state index is 0.0801. The van der Waals surface area contributed by atoms with Gasteiger partial charge in [-0.3, -0.25) is 0 Å². The van der Waals surface area contributed by atoms with Crippen molar-refractivity contribution in [3.63, 3.8) is 0 Å². The maximum atomic E-state index is 15.7. The van der Waals surface area contributed by atoms with Crippen molar-refractivity contribution in [3.05, 3.63) is 70.6 Å². The van der Waals surface area contributed by atoms with Crippen LogP contribution in [0.4, 0.5) is 24.7 Å². The lowest BCUT2D eigenvalue weighted by Crippen LogP contribution is -2.33. The molecule has 0 bridgehead atoms. The minimum Gasteiger partial charge on any atom is -0.497 e. The van der Waals surface area contributed by atoms with Gasteiger partial charge in [-0.25, -0.2) is 26.5 Å². The molecular weight excluding hydrogens is 559 g/mol. The zero-order valence-electron chi connectivity index (χ0n) is 21.3. The highest BCUT2D eigenvalue weighted by atomic mass is 35.5. The van der Waals surface area contributed by atoms with E-state index in [-0.39, 0.29) is 30.1 Å². The van der Waals surface area contributed by atoms with Crippen LogP contribution < -0.4 is 18.7 Å². The maximum Gasteiger partial charge on any atom is 0.271 e. The van der Waals surface area contributed by atoms with Crippen molar-refractivity contribution in [1.29, 1.82) is 0 Å². The van der Waals surface area contributed by atoms with E-state index in [2.05, 4.69) is 4.98 Å². The Morgan fingerprint density at radius 2 is 1.90 bits per heavy atom. The molecule has 2 heterocycles. The standard InChI is InChI=1S/C26H25ClF3N3O5S/c1-26(15-34)9-10-32(14-26)19-12-18(28)25(24(30)23(19)27)39(35,36)33(22-6-4-5-21(29)31-22)13-16-7-8-17(37-2)11-20(16)38-3/h4-8,11-12,15H,9-10,13-14H2,1-3H3. The van der Waals surface area contributed by atoms with E-state index in [9.17, 15) is 17.6 Å². The molecule has 1 fully saturated rings. The molecule has 13 heteroatoms. The summed E-state index contributed by atoms with van der Waals surface area (Å²) in [6.45, 7) is 1.62. The predicted molar refractivity (Wildman–Crippen MR) is 139 cm³/mol. The number of nitrogens with zero attached hydrogens (tertiary/aromatic N) is 3. The van der Waals surface area contributed by atoms with Crippen molar-refractivity contribution in [2.45, 2.75) is 24.8 Å². The molecular formula is C26H25ClF3N3O5S. The number of carbonyl (C=O) groups excluding carboxylic acids is 1. The van der Waals surface area contributed by atoms with Gasteiger partial charge in [0.25, 0.3) is 10.0 Å². The molecule has 1 unspecified atom stereocenters.